The van der Waals surface area contributed by atoms with Crippen molar-refractivity contribution in [3.05, 3.63) is 6.33 Å². The molecule has 0 saturated heterocycles. The molecule has 0 amide bonds. The van der Waals surface area contributed by atoms with Crippen molar-refractivity contribution in [1.82, 2.24) is 9.97 Å². The average molecular weight is 253 g/mol. The second kappa shape index (κ2) is 7.74. The first-order chi connectivity index (χ1) is 8.65. The molecule has 18 heavy (non-hydrogen) atoms. The third-order valence-corrected chi connectivity index (χ3v) is 2.39. The van der Waals surface area contributed by atoms with Gasteiger partial charge in [0.2, 0.25) is 11.8 Å². The molecule has 5 heteroatoms. The summed E-state index contributed by atoms with van der Waals surface area (Å²) in [5.41, 5.74) is 6.27. The number of unbranched alkanes of at least 4 members (excludes halogenated alkanes) is 3. The number of anilines is 1. The van der Waals surface area contributed by atoms with Crippen molar-refractivity contribution in [3.8, 4) is 11.8 Å². The zero-order valence-electron chi connectivity index (χ0n) is 11.5. The molecule has 0 bridgehead atoms. The molecule has 0 atom stereocenters. The number of ether oxygens (including phenoxy) is 2. The van der Waals surface area contributed by atoms with Gasteiger partial charge in [-0.15, -0.1) is 0 Å². The van der Waals surface area contributed by atoms with Crippen LogP contribution < -0.4 is 15.2 Å². The van der Waals surface area contributed by atoms with Gasteiger partial charge in [-0.2, -0.15) is 9.97 Å². The highest BCUT2D eigenvalue weighted by Crippen LogP contribution is 2.27. The molecule has 2 N–H and O–H groups in total. The first kappa shape index (κ1) is 14.5. The third kappa shape index (κ3) is 4.77. The molecular weight excluding hydrogens is 230 g/mol. The Balaban J connectivity index is 2.50. The fraction of sp³-hybridized carbons (Fsp3) is 0.692. The molecule has 0 fully saturated rings. The molecule has 0 radical (unpaired) electrons. The summed E-state index contributed by atoms with van der Waals surface area (Å²) in [6, 6.07) is 0. The summed E-state index contributed by atoms with van der Waals surface area (Å²) in [5, 5.41) is 0. The van der Waals surface area contributed by atoms with E-state index in [9.17, 15) is 0 Å². The third-order valence-electron chi connectivity index (χ3n) is 2.39. The van der Waals surface area contributed by atoms with Crippen LogP contribution >= 0.6 is 0 Å². The number of nitrogens with zero attached hydrogens (tertiary/aromatic N) is 2. The van der Waals surface area contributed by atoms with Gasteiger partial charge in [-0.3, -0.25) is 0 Å². The van der Waals surface area contributed by atoms with E-state index in [2.05, 4.69) is 16.9 Å². The van der Waals surface area contributed by atoms with Crippen molar-refractivity contribution < 1.29 is 9.47 Å². The largest absolute Gasteiger partial charge is 0.476 e. The summed E-state index contributed by atoms with van der Waals surface area (Å²) < 4.78 is 11.0. The van der Waals surface area contributed by atoms with E-state index in [-0.39, 0.29) is 6.10 Å². The maximum absolute atomic E-state index is 5.90. The SMILES string of the molecule is CCCCCCOc1ncnc(OC(C)C)c1N. The Hall–Kier alpha value is -1.52. The van der Waals surface area contributed by atoms with Crippen molar-refractivity contribution in [2.45, 2.75) is 52.6 Å². The van der Waals surface area contributed by atoms with Gasteiger partial charge in [0.05, 0.1) is 12.7 Å². The standard InChI is InChI=1S/C13H23N3O2/c1-4-5-6-7-8-17-12-11(14)13(16-9-15-12)18-10(2)3/h9-10H,4-8,14H2,1-3H3. The zero-order chi connectivity index (χ0) is 13.4. The molecule has 5 nitrogen and oxygen atoms in total. The maximum Gasteiger partial charge on any atom is 0.244 e. The lowest BCUT2D eigenvalue weighted by atomic mass is 10.2. The van der Waals surface area contributed by atoms with E-state index in [1.54, 1.807) is 0 Å². The van der Waals surface area contributed by atoms with E-state index in [4.69, 9.17) is 15.2 Å². The first-order valence-corrected chi connectivity index (χ1v) is 6.55. The molecule has 0 aliphatic carbocycles. The second-order valence-corrected chi connectivity index (χ2v) is 4.47. The van der Waals surface area contributed by atoms with Crippen LogP contribution in [0.2, 0.25) is 0 Å². The normalized spacial score (nSPS) is 10.7. The highest BCUT2D eigenvalue weighted by molar-refractivity contribution is 5.55. The summed E-state index contributed by atoms with van der Waals surface area (Å²) in [4.78, 5) is 8.02. The first-order valence-electron chi connectivity index (χ1n) is 6.55. The molecule has 0 aliphatic heterocycles. The van der Waals surface area contributed by atoms with Gasteiger partial charge in [0.25, 0.3) is 0 Å². The average Bonchev–Trinajstić information content (AvgIpc) is 2.33. The van der Waals surface area contributed by atoms with Crippen LogP contribution in [0, 0.1) is 0 Å². The van der Waals surface area contributed by atoms with Crippen molar-refractivity contribution in [3.63, 3.8) is 0 Å². The number of hydrogen-bond acceptors (Lipinski definition) is 5. The molecule has 1 aromatic heterocycles. The van der Waals surface area contributed by atoms with E-state index in [0.717, 1.165) is 12.8 Å². The molecule has 0 aromatic carbocycles. The van der Waals surface area contributed by atoms with Crippen molar-refractivity contribution in [1.29, 1.82) is 0 Å². The van der Waals surface area contributed by atoms with Crippen LogP contribution in [-0.2, 0) is 0 Å². The van der Waals surface area contributed by atoms with Gasteiger partial charge in [-0.1, -0.05) is 26.2 Å². The van der Waals surface area contributed by atoms with Gasteiger partial charge in [-0.05, 0) is 20.3 Å². The molecular formula is C13H23N3O2. The fourth-order valence-corrected chi connectivity index (χ4v) is 1.49. The Morgan fingerprint density at radius 1 is 1.17 bits per heavy atom. The molecule has 0 aliphatic rings. The number of nitrogen functional groups attached to an aromatic ring is 1. The maximum atomic E-state index is 5.90. The smallest absolute Gasteiger partial charge is 0.244 e. The molecule has 102 valence electrons. The van der Waals surface area contributed by atoms with Crippen molar-refractivity contribution >= 4 is 5.69 Å². The second-order valence-electron chi connectivity index (χ2n) is 4.47. The van der Waals surface area contributed by atoms with Gasteiger partial charge in [0.15, 0.2) is 5.69 Å². The van der Waals surface area contributed by atoms with E-state index in [1.807, 2.05) is 13.8 Å². The van der Waals surface area contributed by atoms with E-state index in [1.165, 1.54) is 19.2 Å². The van der Waals surface area contributed by atoms with Crippen LogP contribution in [0.5, 0.6) is 11.8 Å². The van der Waals surface area contributed by atoms with Gasteiger partial charge in [0.1, 0.15) is 6.33 Å². The van der Waals surface area contributed by atoms with Crippen molar-refractivity contribution in [2.24, 2.45) is 0 Å². The topological polar surface area (TPSA) is 70.3 Å². The van der Waals surface area contributed by atoms with Gasteiger partial charge in [-0.25, -0.2) is 0 Å². The Kier molecular flexibility index (Phi) is 6.25. The van der Waals surface area contributed by atoms with Crippen LogP contribution in [0.1, 0.15) is 46.5 Å². The summed E-state index contributed by atoms with van der Waals surface area (Å²) in [6.07, 6.45) is 6.05. The van der Waals surface area contributed by atoms with E-state index >= 15 is 0 Å². The minimum Gasteiger partial charge on any atom is -0.476 e. The predicted octanol–water partition coefficient (Wildman–Crippen LogP) is 2.81. The predicted molar refractivity (Wildman–Crippen MR) is 71.8 cm³/mol. The quantitative estimate of drug-likeness (QED) is 0.721. The number of nitrogens with two attached hydrogens (primary N) is 1. The Bertz CT molecular complexity index is 356. The highest BCUT2D eigenvalue weighted by atomic mass is 16.5. The Morgan fingerprint density at radius 3 is 2.56 bits per heavy atom. The van der Waals surface area contributed by atoms with Crippen LogP contribution in [0.3, 0.4) is 0 Å². The lowest BCUT2D eigenvalue weighted by Gasteiger charge is -2.13. The van der Waals surface area contributed by atoms with Crippen LogP contribution in [0.25, 0.3) is 0 Å². The molecule has 0 spiro atoms. The summed E-state index contributed by atoms with van der Waals surface area (Å²) in [5.74, 6) is 0.806. The molecule has 0 unspecified atom stereocenters. The molecule has 1 rings (SSSR count). The lowest BCUT2D eigenvalue weighted by molar-refractivity contribution is 0.230. The van der Waals surface area contributed by atoms with Gasteiger partial charge < -0.3 is 15.2 Å². The van der Waals surface area contributed by atoms with Gasteiger partial charge >= 0.3 is 0 Å². The Morgan fingerprint density at radius 2 is 1.89 bits per heavy atom. The molecule has 0 saturated carbocycles. The minimum absolute atomic E-state index is 0.0274. The van der Waals surface area contributed by atoms with Crippen LogP contribution in [0.4, 0.5) is 5.69 Å². The summed E-state index contributed by atoms with van der Waals surface area (Å²) >= 11 is 0. The number of hydrogen-bond donors (Lipinski definition) is 1. The number of aromatic nitrogens is 2. The molecule has 1 heterocycles. The van der Waals surface area contributed by atoms with Crippen LogP contribution in [-0.4, -0.2) is 22.7 Å². The lowest BCUT2D eigenvalue weighted by Crippen LogP contribution is -2.11. The Labute approximate surface area is 109 Å². The minimum atomic E-state index is 0.0274. The van der Waals surface area contributed by atoms with E-state index in [0.29, 0.717) is 24.1 Å². The van der Waals surface area contributed by atoms with Crippen molar-refractivity contribution in [2.75, 3.05) is 12.3 Å². The summed E-state index contributed by atoms with van der Waals surface area (Å²) in [7, 11) is 0. The highest BCUT2D eigenvalue weighted by Gasteiger charge is 2.11. The zero-order valence-corrected chi connectivity index (χ0v) is 11.5. The fourth-order valence-electron chi connectivity index (χ4n) is 1.49. The van der Waals surface area contributed by atoms with E-state index < -0.39 is 0 Å². The molecule has 1 aromatic rings. The number of rotatable bonds is 8. The monoisotopic (exact) mass is 253 g/mol. The summed E-state index contributed by atoms with van der Waals surface area (Å²) in [6.45, 7) is 6.65. The van der Waals surface area contributed by atoms with Crippen LogP contribution in [0.15, 0.2) is 6.33 Å². The van der Waals surface area contributed by atoms with Gasteiger partial charge in [0, 0.05) is 0 Å².